The Kier molecular flexibility index (Phi) is 4.12. The quantitative estimate of drug-likeness (QED) is 0.677. The number of aromatic amines is 1. The third-order valence-electron chi connectivity index (χ3n) is 6.65. The zero-order valence-electron chi connectivity index (χ0n) is 15.9. The van der Waals surface area contributed by atoms with Crippen LogP contribution in [0.2, 0.25) is 0 Å². The number of ether oxygens (including phenoxy) is 1. The van der Waals surface area contributed by atoms with Gasteiger partial charge < -0.3 is 10.1 Å². The summed E-state index contributed by atoms with van der Waals surface area (Å²) in [6.07, 6.45) is 3.74. The van der Waals surface area contributed by atoms with Crippen LogP contribution < -0.4 is 15.7 Å². The zero-order valence-corrected chi connectivity index (χ0v) is 16.8. The number of aromatic nitrogens is 4. The highest BCUT2D eigenvalue weighted by Gasteiger charge is 2.54. The van der Waals surface area contributed by atoms with Gasteiger partial charge in [0, 0.05) is 5.69 Å². The van der Waals surface area contributed by atoms with E-state index in [1.54, 1.807) is 11.3 Å². The zero-order chi connectivity index (χ0) is 19.3. The van der Waals surface area contributed by atoms with Gasteiger partial charge in [0.1, 0.15) is 0 Å². The monoisotopic (exact) mass is 397 g/mol. The Hall–Kier alpha value is -2.48. The van der Waals surface area contributed by atoms with E-state index in [2.05, 4.69) is 39.1 Å². The van der Waals surface area contributed by atoms with Gasteiger partial charge in [0.05, 0.1) is 22.3 Å². The lowest BCUT2D eigenvalue weighted by atomic mass is 9.46. The first-order valence-electron chi connectivity index (χ1n) is 9.70. The Balaban J connectivity index is 1.29. The normalized spacial score (nSPS) is 25.3. The fourth-order valence-corrected chi connectivity index (χ4v) is 5.62. The molecule has 146 valence electrons. The van der Waals surface area contributed by atoms with E-state index in [-0.39, 0.29) is 6.01 Å². The molecule has 3 aliphatic rings. The first kappa shape index (κ1) is 17.6. The lowest BCUT2D eigenvalue weighted by Gasteiger charge is -2.60. The lowest BCUT2D eigenvalue weighted by Crippen LogP contribution is -2.53. The third kappa shape index (κ3) is 3.05. The molecule has 7 nitrogen and oxygen atoms in total. The highest BCUT2D eigenvalue weighted by molar-refractivity contribution is 7.16. The maximum absolute atomic E-state index is 12.0. The highest BCUT2D eigenvalue weighted by atomic mass is 32.1. The summed E-state index contributed by atoms with van der Waals surface area (Å²) in [6.45, 7) is 5.30. The number of hydrogen-bond donors (Lipinski definition) is 2. The van der Waals surface area contributed by atoms with Crippen LogP contribution in [0.25, 0.3) is 10.2 Å². The summed E-state index contributed by atoms with van der Waals surface area (Å²) < 4.78 is 6.93. The SMILES string of the molecule is CC1(C)C2CCC(COc3nc(Nc4ccc5ncsc5c4)[nH]c(=O)n3)C1C2. The molecule has 0 radical (unpaired) electrons. The molecule has 6 rings (SSSR count). The number of nitrogens with one attached hydrogen (secondary N) is 2. The van der Waals surface area contributed by atoms with Gasteiger partial charge in [-0.05, 0) is 60.6 Å². The van der Waals surface area contributed by atoms with Crippen molar-refractivity contribution in [2.45, 2.75) is 33.1 Å². The molecule has 3 aromatic rings. The van der Waals surface area contributed by atoms with E-state index in [1.807, 2.05) is 23.7 Å². The standard InChI is InChI=1S/C20H23N5O2S/c1-20(2)12-4-3-11(14(20)7-12)9-27-19-24-17(23-18(26)25-19)22-13-5-6-15-16(8-13)28-10-21-15/h5-6,8,10-12,14H,3-4,7,9H2,1-2H3,(H2,22,23,24,25,26). The maximum Gasteiger partial charge on any atom is 0.352 e. The number of H-pyrrole nitrogens is 1. The van der Waals surface area contributed by atoms with Crippen molar-refractivity contribution in [3.05, 3.63) is 34.2 Å². The van der Waals surface area contributed by atoms with E-state index < -0.39 is 5.69 Å². The summed E-state index contributed by atoms with van der Waals surface area (Å²) in [5, 5.41) is 3.13. The molecule has 3 saturated carbocycles. The fourth-order valence-electron chi connectivity index (χ4n) is 4.90. The molecule has 3 aliphatic carbocycles. The summed E-state index contributed by atoms with van der Waals surface area (Å²) in [5.41, 5.74) is 3.52. The second-order valence-corrected chi connectivity index (χ2v) is 9.34. The van der Waals surface area contributed by atoms with Crippen LogP contribution in [0.1, 0.15) is 33.1 Å². The molecule has 28 heavy (non-hydrogen) atoms. The Morgan fingerprint density at radius 3 is 3.04 bits per heavy atom. The molecule has 1 aromatic carbocycles. The molecular formula is C20H23N5O2S. The molecule has 0 saturated heterocycles. The fraction of sp³-hybridized carbons (Fsp3) is 0.500. The van der Waals surface area contributed by atoms with Crippen LogP contribution in [-0.2, 0) is 0 Å². The van der Waals surface area contributed by atoms with Crippen LogP contribution >= 0.6 is 11.3 Å². The van der Waals surface area contributed by atoms with Crippen LogP contribution in [0.15, 0.2) is 28.5 Å². The first-order chi connectivity index (χ1) is 13.5. The maximum atomic E-state index is 12.0. The van der Waals surface area contributed by atoms with E-state index in [0.717, 1.165) is 21.8 Å². The van der Waals surface area contributed by atoms with Gasteiger partial charge in [-0.3, -0.25) is 4.98 Å². The van der Waals surface area contributed by atoms with E-state index in [9.17, 15) is 4.79 Å². The molecule has 3 atom stereocenters. The molecule has 0 amide bonds. The predicted octanol–water partition coefficient (Wildman–Crippen LogP) is 3.97. The second-order valence-electron chi connectivity index (χ2n) is 8.45. The van der Waals surface area contributed by atoms with Gasteiger partial charge >= 0.3 is 11.7 Å². The van der Waals surface area contributed by atoms with Crippen molar-refractivity contribution in [2.24, 2.45) is 23.2 Å². The van der Waals surface area contributed by atoms with Gasteiger partial charge in [-0.25, -0.2) is 9.78 Å². The minimum atomic E-state index is -0.473. The molecule has 2 N–H and O–H groups in total. The number of benzene rings is 1. The molecule has 0 aliphatic heterocycles. The number of hydrogen-bond acceptors (Lipinski definition) is 7. The number of rotatable bonds is 5. The molecule has 3 unspecified atom stereocenters. The number of anilines is 2. The van der Waals surface area contributed by atoms with Crippen molar-refractivity contribution in [2.75, 3.05) is 11.9 Å². The smallest absolute Gasteiger partial charge is 0.352 e. The summed E-state index contributed by atoms with van der Waals surface area (Å²) in [6, 6.07) is 5.94. The van der Waals surface area contributed by atoms with Crippen molar-refractivity contribution in [1.82, 2.24) is 19.9 Å². The summed E-state index contributed by atoms with van der Waals surface area (Å²) in [5.74, 6) is 2.38. The van der Waals surface area contributed by atoms with E-state index in [0.29, 0.717) is 29.8 Å². The minimum absolute atomic E-state index is 0.129. The average Bonchev–Trinajstić information content (AvgIpc) is 3.14. The topological polar surface area (TPSA) is 92.8 Å². The van der Waals surface area contributed by atoms with Gasteiger partial charge in [-0.15, -0.1) is 16.3 Å². The van der Waals surface area contributed by atoms with Gasteiger partial charge in [-0.1, -0.05) is 13.8 Å². The largest absolute Gasteiger partial charge is 0.463 e. The lowest BCUT2D eigenvalue weighted by molar-refractivity contribution is -0.114. The van der Waals surface area contributed by atoms with Crippen LogP contribution in [0, 0.1) is 23.2 Å². The van der Waals surface area contributed by atoms with Crippen LogP contribution in [-0.4, -0.2) is 26.5 Å². The van der Waals surface area contributed by atoms with Gasteiger partial charge in [0.25, 0.3) is 0 Å². The predicted molar refractivity (Wildman–Crippen MR) is 109 cm³/mol. The van der Waals surface area contributed by atoms with E-state index >= 15 is 0 Å². The average molecular weight is 398 g/mol. The van der Waals surface area contributed by atoms with E-state index in [1.165, 1.54) is 19.3 Å². The van der Waals surface area contributed by atoms with Gasteiger partial charge in [-0.2, -0.15) is 4.98 Å². The number of fused-ring (bicyclic) bond motifs is 3. The molecular weight excluding hydrogens is 374 g/mol. The summed E-state index contributed by atoms with van der Waals surface area (Å²) in [4.78, 5) is 27.1. The number of thiazole rings is 1. The first-order valence-corrected chi connectivity index (χ1v) is 10.6. The van der Waals surface area contributed by atoms with Crippen LogP contribution in [0.4, 0.5) is 11.6 Å². The van der Waals surface area contributed by atoms with Crippen molar-refractivity contribution in [1.29, 1.82) is 0 Å². The van der Waals surface area contributed by atoms with E-state index in [4.69, 9.17) is 4.74 Å². The van der Waals surface area contributed by atoms with Crippen molar-refractivity contribution in [3.63, 3.8) is 0 Å². The Morgan fingerprint density at radius 2 is 2.21 bits per heavy atom. The Bertz CT molecular complexity index is 1070. The molecule has 2 bridgehead atoms. The Labute approximate surface area is 166 Å². The van der Waals surface area contributed by atoms with Crippen LogP contribution in [0.3, 0.4) is 0 Å². The summed E-state index contributed by atoms with van der Waals surface area (Å²) >= 11 is 1.57. The molecule has 0 spiro atoms. The molecule has 2 aromatic heterocycles. The van der Waals surface area contributed by atoms with Crippen molar-refractivity contribution < 1.29 is 4.74 Å². The Morgan fingerprint density at radius 1 is 1.32 bits per heavy atom. The van der Waals surface area contributed by atoms with Crippen LogP contribution in [0.5, 0.6) is 6.01 Å². The molecule has 8 heteroatoms. The minimum Gasteiger partial charge on any atom is -0.463 e. The second kappa shape index (κ2) is 6.55. The molecule has 3 fully saturated rings. The summed E-state index contributed by atoms with van der Waals surface area (Å²) in [7, 11) is 0. The highest BCUT2D eigenvalue weighted by Crippen LogP contribution is 2.61. The molecule has 2 heterocycles. The van der Waals surface area contributed by atoms with Gasteiger partial charge in [0.15, 0.2) is 0 Å². The van der Waals surface area contributed by atoms with Crippen molar-refractivity contribution in [3.8, 4) is 6.01 Å². The van der Waals surface area contributed by atoms with Gasteiger partial charge in [0.2, 0.25) is 5.95 Å². The number of nitrogens with zero attached hydrogens (tertiary/aromatic N) is 3. The van der Waals surface area contributed by atoms with Crippen molar-refractivity contribution >= 4 is 33.2 Å². The third-order valence-corrected chi connectivity index (χ3v) is 7.44.